The zero-order valence-corrected chi connectivity index (χ0v) is 20.5. The summed E-state index contributed by atoms with van der Waals surface area (Å²) in [4.78, 5) is 17.9. The van der Waals surface area contributed by atoms with E-state index in [2.05, 4.69) is 4.90 Å². The van der Waals surface area contributed by atoms with Crippen LogP contribution in [0.3, 0.4) is 0 Å². The highest BCUT2D eigenvalue weighted by molar-refractivity contribution is 8.00. The Kier molecular flexibility index (Phi) is 8.44. The van der Waals surface area contributed by atoms with Crippen LogP contribution in [0.15, 0.2) is 58.3 Å². The number of anilines is 1. The average Bonchev–Trinajstić information content (AvgIpc) is 2.83. The molecule has 0 unspecified atom stereocenters. The van der Waals surface area contributed by atoms with Crippen LogP contribution in [0.1, 0.15) is 13.8 Å². The first-order chi connectivity index (χ1) is 15.4. The van der Waals surface area contributed by atoms with Gasteiger partial charge in [0.2, 0.25) is 15.9 Å². The van der Waals surface area contributed by atoms with Crippen molar-refractivity contribution in [1.29, 1.82) is 0 Å². The van der Waals surface area contributed by atoms with Crippen molar-refractivity contribution < 1.29 is 17.9 Å². The van der Waals surface area contributed by atoms with Crippen molar-refractivity contribution in [1.82, 2.24) is 9.21 Å². The minimum absolute atomic E-state index is 0.114. The van der Waals surface area contributed by atoms with Gasteiger partial charge in [-0.15, -0.1) is 11.8 Å². The van der Waals surface area contributed by atoms with Crippen LogP contribution in [0.5, 0.6) is 5.75 Å². The van der Waals surface area contributed by atoms with Gasteiger partial charge < -0.3 is 14.5 Å². The Morgan fingerprint density at radius 1 is 1.03 bits per heavy atom. The molecule has 9 heteroatoms. The van der Waals surface area contributed by atoms with E-state index < -0.39 is 10.0 Å². The molecule has 0 radical (unpaired) electrons. The van der Waals surface area contributed by atoms with Crippen LogP contribution in [0.2, 0.25) is 0 Å². The SMILES string of the molecule is CCN(CC)S(=O)(=O)c1ccc(OC)c(N2CCN(C(=O)CSc3ccccc3)CC2)c1. The lowest BCUT2D eigenvalue weighted by Crippen LogP contribution is -2.49. The molecule has 1 heterocycles. The van der Waals surface area contributed by atoms with Crippen molar-refractivity contribution in [3.8, 4) is 5.75 Å². The van der Waals surface area contributed by atoms with Gasteiger partial charge in [-0.2, -0.15) is 4.31 Å². The molecule has 0 aromatic heterocycles. The summed E-state index contributed by atoms with van der Waals surface area (Å²) in [5, 5.41) is 0. The van der Waals surface area contributed by atoms with E-state index in [9.17, 15) is 13.2 Å². The first-order valence-corrected chi connectivity index (χ1v) is 13.2. The molecule has 32 heavy (non-hydrogen) atoms. The van der Waals surface area contributed by atoms with Crippen LogP contribution >= 0.6 is 11.8 Å². The first-order valence-electron chi connectivity index (χ1n) is 10.8. The third-order valence-corrected chi connectivity index (χ3v) is 8.61. The minimum Gasteiger partial charge on any atom is -0.495 e. The lowest BCUT2D eigenvalue weighted by Gasteiger charge is -2.37. The molecule has 1 aliphatic heterocycles. The van der Waals surface area contributed by atoms with Crippen LogP contribution in [0.25, 0.3) is 0 Å². The molecule has 0 bridgehead atoms. The molecule has 1 saturated heterocycles. The van der Waals surface area contributed by atoms with Crippen LogP contribution in [-0.4, -0.2) is 75.7 Å². The quantitative estimate of drug-likeness (QED) is 0.517. The fraction of sp³-hybridized carbons (Fsp3) is 0.435. The lowest BCUT2D eigenvalue weighted by atomic mass is 10.2. The number of hydrogen-bond donors (Lipinski definition) is 0. The van der Waals surface area contributed by atoms with E-state index >= 15 is 0 Å². The monoisotopic (exact) mass is 477 g/mol. The topological polar surface area (TPSA) is 70.2 Å². The van der Waals surface area contributed by atoms with Crippen molar-refractivity contribution in [3.63, 3.8) is 0 Å². The van der Waals surface area contributed by atoms with Crippen molar-refractivity contribution in [3.05, 3.63) is 48.5 Å². The molecule has 1 aliphatic rings. The number of benzene rings is 2. The maximum atomic E-state index is 13.0. The molecule has 0 spiro atoms. The van der Waals surface area contributed by atoms with Crippen molar-refractivity contribution in [2.45, 2.75) is 23.6 Å². The number of carbonyl (C=O) groups excluding carboxylic acids is 1. The fourth-order valence-corrected chi connectivity index (χ4v) is 6.04. The molecule has 2 aromatic rings. The van der Waals surface area contributed by atoms with Gasteiger partial charge in [0.1, 0.15) is 5.75 Å². The van der Waals surface area contributed by atoms with Gasteiger partial charge in [0, 0.05) is 44.2 Å². The maximum Gasteiger partial charge on any atom is 0.243 e. The number of amides is 1. The zero-order valence-electron chi connectivity index (χ0n) is 18.9. The number of thioether (sulfide) groups is 1. The molecule has 2 aromatic carbocycles. The van der Waals surface area contributed by atoms with Crippen LogP contribution in [0.4, 0.5) is 5.69 Å². The standard InChI is InChI=1S/C23H31N3O4S2/c1-4-26(5-2)32(28,29)20-11-12-22(30-3)21(17-20)24-13-15-25(16-14-24)23(27)18-31-19-9-7-6-8-10-19/h6-12,17H,4-5,13-16,18H2,1-3H3. The van der Waals surface area contributed by atoms with E-state index in [0.717, 1.165) is 10.6 Å². The largest absolute Gasteiger partial charge is 0.495 e. The number of rotatable bonds is 9. The van der Waals surface area contributed by atoms with Crippen LogP contribution in [0, 0.1) is 0 Å². The van der Waals surface area contributed by atoms with Gasteiger partial charge in [-0.3, -0.25) is 4.79 Å². The molecule has 0 atom stereocenters. The average molecular weight is 478 g/mol. The molecular formula is C23H31N3O4S2. The molecular weight excluding hydrogens is 446 g/mol. The number of piperazine rings is 1. The second-order valence-electron chi connectivity index (χ2n) is 7.39. The number of hydrogen-bond acceptors (Lipinski definition) is 6. The van der Waals surface area contributed by atoms with E-state index in [-0.39, 0.29) is 10.8 Å². The molecule has 174 valence electrons. The Hall–Kier alpha value is -2.23. The molecule has 0 saturated carbocycles. The summed E-state index contributed by atoms with van der Waals surface area (Å²) >= 11 is 1.54. The predicted molar refractivity (Wildman–Crippen MR) is 129 cm³/mol. The highest BCUT2D eigenvalue weighted by atomic mass is 32.2. The summed E-state index contributed by atoms with van der Waals surface area (Å²) in [5.74, 6) is 1.15. The van der Waals surface area contributed by atoms with Gasteiger partial charge in [-0.25, -0.2) is 8.42 Å². The smallest absolute Gasteiger partial charge is 0.243 e. The lowest BCUT2D eigenvalue weighted by molar-refractivity contribution is -0.128. The second-order valence-corrected chi connectivity index (χ2v) is 10.4. The Labute approximate surface area is 195 Å². The van der Waals surface area contributed by atoms with E-state index in [1.165, 1.54) is 4.31 Å². The normalized spacial score (nSPS) is 14.6. The van der Waals surface area contributed by atoms with Gasteiger partial charge >= 0.3 is 0 Å². The molecule has 0 N–H and O–H groups in total. The van der Waals surface area contributed by atoms with E-state index in [1.54, 1.807) is 37.1 Å². The van der Waals surface area contributed by atoms with E-state index in [4.69, 9.17) is 4.74 Å². The second kappa shape index (κ2) is 11.1. The zero-order chi connectivity index (χ0) is 23.1. The van der Waals surface area contributed by atoms with Gasteiger partial charge in [0.25, 0.3) is 0 Å². The third kappa shape index (κ3) is 5.57. The number of ether oxygens (including phenoxy) is 1. The first kappa shape index (κ1) is 24.4. The number of nitrogens with zero attached hydrogens (tertiary/aromatic N) is 3. The molecule has 0 aliphatic carbocycles. The summed E-state index contributed by atoms with van der Waals surface area (Å²) in [6.07, 6.45) is 0. The molecule has 7 nitrogen and oxygen atoms in total. The summed E-state index contributed by atoms with van der Waals surface area (Å²) in [6, 6.07) is 14.9. The Balaban J connectivity index is 1.68. The predicted octanol–water partition coefficient (Wildman–Crippen LogP) is 3.17. The Bertz CT molecular complexity index is 1000. The Morgan fingerprint density at radius 3 is 2.28 bits per heavy atom. The van der Waals surface area contributed by atoms with Gasteiger partial charge in [-0.05, 0) is 30.3 Å². The van der Waals surface area contributed by atoms with E-state index in [0.29, 0.717) is 50.8 Å². The van der Waals surface area contributed by atoms with Crippen molar-refractivity contribution in [2.24, 2.45) is 0 Å². The Morgan fingerprint density at radius 2 is 1.69 bits per heavy atom. The molecule has 3 rings (SSSR count). The fourth-order valence-electron chi connectivity index (χ4n) is 3.74. The number of methoxy groups -OCH3 is 1. The van der Waals surface area contributed by atoms with Gasteiger partial charge in [-0.1, -0.05) is 32.0 Å². The van der Waals surface area contributed by atoms with Gasteiger partial charge in [0.05, 0.1) is 23.4 Å². The number of carbonyl (C=O) groups is 1. The molecule has 1 fully saturated rings. The highest BCUT2D eigenvalue weighted by Crippen LogP contribution is 2.33. The highest BCUT2D eigenvalue weighted by Gasteiger charge is 2.27. The van der Waals surface area contributed by atoms with Crippen LogP contribution < -0.4 is 9.64 Å². The maximum absolute atomic E-state index is 13.0. The third-order valence-electron chi connectivity index (χ3n) is 5.57. The minimum atomic E-state index is -3.56. The van der Waals surface area contributed by atoms with Gasteiger partial charge in [0.15, 0.2) is 0 Å². The molecule has 1 amide bonds. The number of sulfonamides is 1. The van der Waals surface area contributed by atoms with Crippen molar-refractivity contribution >= 4 is 33.4 Å². The summed E-state index contributed by atoms with van der Waals surface area (Å²) in [5.41, 5.74) is 0.742. The summed E-state index contributed by atoms with van der Waals surface area (Å²) in [6.45, 7) is 6.91. The van der Waals surface area contributed by atoms with Crippen LogP contribution in [-0.2, 0) is 14.8 Å². The van der Waals surface area contributed by atoms with E-state index in [1.807, 2.05) is 49.1 Å². The summed E-state index contributed by atoms with van der Waals surface area (Å²) < 4.78 is 32.9. The van der Waals surface area contributed by atoms with Crippen molar-refractivity contribution in [2.75, 3.05) is 57.0 Å². The summed E-state index contributed by atoms with van der Waals surface area (Å²) in [7, 11) is -1.98.